The second-order valence-corrected chi connectivity index (χ2v) is 13.8. The van der Waals surface area contributed by atoms with Crippen LogP contribution < -0.4 is 10.1 Å². The normalized spacial score (nSPS) is 35.5. The van der Waals surface area contributed by atoms with Crippen LogP contribution in [0.1, 0.15) is 86.5 Å². The van der Waals surface area contributed by atoms with E-state index < -0.39 is 11.0 Å². The summed E-state index contributed by atoms with van der Waals surface area (Å²) >= 11 is 0. The molecule has 208 valence electrons. The molecule has 5 heteroatoms. The van der Waals surface area contributed by atoms with Gasteiger partial charge < -0.3 is 20.3 Å². The lowest BCUT2D eigenvalue weighted by molar-refractivity contribution is -0.191. The molecular formula is C34H44N2O3. The van der Waals surface area contributed by atoms with E-state index in [0.29, 0.717) is 5.75 Å². The molecular weight excluding hydrogens is 484 g/mol. The summed E-state index contributed by atoms with van der Waals surface area (Å²) in [4.78, 5) is 2.61. The fourth-order valence-electron chi connectivity index (χ4n) is 9.56. The molecule has 0 radical (unpaired) electrons. The standard InChI is InChI=1S/C34H44N2O3/c37-28-13-12-25-19-29-34(38)15-14-27(35-20-26-9-5-4-8-24(26)18-22-6-2-1-3-7-22)32-33(34,30(25)31(28)39-32)16-17-36(29)21-23-10-11-23/h4-5,8-9,12-13,22-23,27,29,32,35,37-38H,1-3,6-7,10-11,14-21H2/t27-,29-,32+,33+,34-/m1/s1. The van der Waals surface area contributed by atoms with Crippen molar-refractivity contribution in [3.8, 4) is 11.5 Å². The predicted octanol–water partition coefficient (Wildman–Crippen LogP) is 5.24. The Labute approximate surface area is 232 Å². The Morgan fingerprint density at radius 2 is 1.74 bits per heavy atom. The second kappa shape index (κ2) is 9.22. The monoisotopic (exact) mass is 528 g/mol. The molecule has 8 rings (SSSR count). The molecule has 2 heterocycles. The third-order valence-corrected chi connectivity index (χ3v) is 11.7. The van der Waals surface area contributed by atoms with Crippen molar-refractivity contribution in [2.45, 2.75) is 113 Å². The van der Waals surface area contributed by atoms with Crippen molar-refractivity contribution in [3.05, 3.63) is 58.7 Å². The molecule has 2 aromatic rings. The van der Waals surface area contributed by atoms with Crippen LogP contribution in [0.15, 0.2) is 36.4 Å². The molecule has 2 aromatic carbocycles. The minimum absolute atomic E-state index is 0.137. The van der Waals surface area contributed by atoms with Gasteiger partial charge in [0.15, 0.2) is 11.5 Å². The van der Waals surface area contributed by atoms with E-state index in [4.69, 9.17) is 4.74 Å². The lowest BCUT2D eigenvalue weighted by atomic mass is 9.48. The van der Waals surface area contributed by atoms with Crippen molar-refractivity contribution in [3.63, 3.8) is 0 Å². The first-order chi connectivity index (χ1) is 19.1. The van der Waals surface area contributed by atoms with Crippen molar-refractivity contribution in [1.82, 2.24) is 10.2 Å². The van der Waals surface area contributed by atoms with Gasteiger partial charge in [-0.2, -0.15) is 0 Å². The van der Waals surface area contributed by atoms with Gasteiger partial charge in [-0.3, -0.25) is 4.90 Å². The molecule has 6 aliphatic rings. The molecule has 5 atom stereocenters. The lowest BCUT2D eigenvalue weighted by Crippen LogP contribution is -2.78. The zero-order chi connectivity index (χ0) is 26.2. The quantitative estimate of drug-likeness (QED) is 0.459. The molecule has 0 aromatic heterocycles. The zero-order valence-corrected chi connectivity index (χ0v) is 23.2. The number of likely N-dealkylation sites (tertiary alicyclic amines) is 1. The first-order valence-electron chi connectivity index (χ1n) is 15.9. The van der Waals surface area contributed by atoms with Gasteiger partial charge in [0, 0.05) is 30.7 Å². The van der Waals surface area contributed by atoms with Gasteiger partial charge in [0.2, 0.25) is 0 Å². The number of phenols is 1. The minimum atomic E-state index is -0.812. The van der Waals surface area contributed by atoms with Gasteiger partial charge in [-0.15, -0.1) is 0 Å². The number of hydrogen-bond acceptors (Lipinski definition) is 5. The maximum Gasteiger partial charge on any atom is 0.165 e. The average molecular weight is 529 g/mol. The van der Waals surface area contributed by atoms with Crippen molar-refractivity contribution in [2.75, 3.05) is 13.1 Å². The Balaban J connectivity index is 1.09. The van der Waals surface area contributed by atoms with Crippen LogP contribution >= 0.6 is 0 Å². The number of nitrogens with zero attached hydrogens (tertiary/aromatic N) is 1. The van der Waals surface area contributed by atoms with Crippen molar-refractivity contribution < 1.29 is 14.9 Å². The van der Waals surface area contributed by atoms with Crippen LogP contribution in [0, 0.1) is 11.8 Å². The molecule has 5 nitrogen and oxygen atoms in total. The average Bonchev–Trinajstić information content (AvgIpc) is 3.69. The zero-order valence-electron chi connectivity index (χ0n) is 23.2. The SMILES string of the molecule is Oc1ccc2c3c1O[C@H]1[C@H](NCc4ccccc4CC4CCCCC4)CC[C@@]4(O)[C@@H](C2)N(CC2CC2)CC[C@]314. The third-order valence-electron chi connectivity index (χ3n) is 11.7. The van der Waals surface area contributed by atoms with Gasteiger partial charge >= 0.3 is 0 Å². The Morgan fingerprint density at radius 1 is 0.923 bits per heavy atom. The van der Waals surface area contributed by atoms with Crippen molar-refractivity contribution in [1.29, 1.82) is 0 Å². The summed E-state index contributed by atoms with van der Waals surface area (Å²) in [6, 6.07) is 13.2. The Morgan fingerprint density at radius 3 is 2.56 bits per heavy atom. The number of hydrogen-bond donors (Lipinski definition) is 3. The van der Waals surface area contributed by atoms with Gasteiger partial charge in [0.1, 0.15) is 6.10 Å². The topological polar surface area (TPSA) is 65.0 Å². The molecule has 0 unspecified atom stereocenters. The number of aromatic hydroxyl groups is 1. The van der Waals surface area contributed by atoms with Gasteiger partial charge in [0.05, 0.1) is 11.0 Å². The van der Waals surface area contributed by atoms with E-state index in [1.165, 1.54) is 68.1 Å². The maximum absolute atomic E-state index is 12.7. The number of phenolic OH excluding ortho intramolecular Hbond substituents is 1. The number of aliphatic hydroxyl groups is 1. The molecule has 39 heavy (non-hydrogen) atoms. The van der Waals surface area contributed by atoms with Gasteiger partial charge in [-0.1, -0.05) is 62.4 Å². The van der Waals surface area contributed by atoms with Crippen LogP contribution in [-0.2, 0) is 24.8 Å². The largest absolute Gasteiger partial charge is 0.504 e. The minimum Gasteiger partial charge on any atom is -0.504 e. The summed E-state index contributed by atoms with van der Waals surface area (Å²) in [6.07, 6.45) is 14.0. The number of nitrogens with one attached hydrogen (secondary N) is 1. The summed E-state index contributed by atoms with van der Waals surface area (Å²) in [5, 5.41) is 27.6. The van der Waals surface area contributed by atoms with E-state index in [2.05, 4.69) is 40.5 Å². The second-order valence-electron chi connectivity index (χ2n) is 13.8. The summed E-state index contributed by atoms with van der Waals surface area (Å²) in [5.74, 6) is 2.51. The summed E-state index contributed by atoms with van der Waals surface area (Å²) in [6.45, 7) is 2.96. The first-order valence-corrected chi connectivity index (χ1v) is 15.9. The smallest absolute Gasteiger partial charge is 0.165 e. The number of benzene rings is 2. The molecule has 3 N–H and O–H groups in total. The molecule has 4 fully saturated rings. The van der Waals surface area contributed by atoms with Gasteiger partial charge in [-0.25, -0.2) is 0 Å². The Hall–Kier alpha value is -2.08. The van der Waals surface area contributed by atoms with Gasteiger partial charge in [0.25, 0.3) is 0 Å². The molecule has 2 aliphatic heterocycles. The summed E-state index contributed by atoms with van der Waals surface area (Å²) in [5.41, 5.74) is 4.04. The fourth-order valence-corrected chi connectivity index (χ4v) is 9.56. The van der Waals surface area contributed by atoms with E-state index in [9.17, 15) is 10.2 Å². The number of ether oxygens (including phenoxy) is 1. The van der Waals surface area contributed by atoms with E-state index in [-0.39, 0.29) is 23.9 Å². The van der Waals surface area contributed by atoms with E-state index in [0.717, 1.165) is 62.7 Å². The van der Waals surface area contributed by atoms with Crippen molar-refractivity contribution in [2.24, 2.45) is 11.8 Å². The highest BCUT2D eigenvalue weighted by Crippen LogP contribution is 2.65. The highest BCUT2D eigenvalue weighted by Gasteiger charge is 2.72. The third kappa shape index (κ3) is 3.75. The predicted molar refractivity (Wildman–Crippen MR) is 152 cm³/mol. The fraction of sp³-hybridized carbons (Fsp3) is 0.647. The number of rotatable bonds is 7. The van der Waals surface area contributed by atoms with E-state index >= 15 is 0 Å². The van der Waals surface area contributed by atoms with Crippen LogP contribution in [0.25, 0.3) is 0 Å². The first kappa shape index (κ1) is 24.7. The Bertz CT molecular complexity index is 1250. The molecule has 2 bridgehead atoms. The highest BCUT2D eigenvalue weighted by atomic mass is 16.5. The molecule has 1 saturated heterocycles. The number of piperidine rings is 1. The maximum atomic E-state index is 12.7. The summed E-state index contributed by atoms with van der Waals surface area (Å²) in [7, 11) is 0. The van der Waals surface area contributed by atoms with E-state index in [1.54, 1.807) is 0 Å². The molecule has 4 aliphatic carbocycles. The van der Waals surface area contributed by atoms with Gasteiger partial charge in [-0.05, 0) is 86.1 Å². The van der Waals surface area contributed by atoms with Crippen LogP contribution in [0.2, 0.25) is 0 Å². The van der Waals surface area contributed by atoms with Crippen LogP contribution in [-0.4, -0.2) is 52.0 Å². The highest BCUT2D eigenvalue weighted by molar-refractivity contribution is 5.62. The van der Waals surface area contributed by atoms with Crippen LogP contribution in [0.4, 0.5) is 0 Å². The Kier molecular flexibility index (Phi) is 5.84. The van der Waals surface area contributed by atoms with Crippen molar-refractivity contribution >= 4 is 0 Å². The van der Waals surface area contributed by atoms with E-state index in [1.807, 2.05) is 6.07 Å². The lowest BCUT2D eigenvalue weighted by Gasteiger charge is -2.64. The van der Waals surface area contributed by atoms with Crippen LogP contribution in [0.3, 0.4) is 0 Å². The summed E-state index contributed by atoms with van der Waals surface area (Å²) < 4.78 is 6.77. The van der Waals surface area contributed by atoms with Crippen LogP contribution in [0.5, 0.6) is 11.5 Å². The molecule has 3 saturated carbocycles. The molecule has 1 spiro atoms. The molecule has 0 amide bonds.